The second-order valence-electron chi connectivity index (χ2n) is 7.54. The van der Waals surface area contributed by atoms with Crippen LogP contribution in [0.15, 0.2) is 29.2 Å². The van der Waals surface area contributed by atoms with Crippen molar-refractivity contribution in [2.24, 2.45) is 17.8 Å². The molecule has 1 fully saturated rings. The van der Waals surface area contributed by atoms with Crippen LogP contribution < -0.4 is 9.62 Å². The van der Waals surface area contributed by atoms with E-state index in [2.05, 4.69) is 28.7 Å². The maximum atomic E-state index is 12.3. The summed E-state index contributed by atoms with van der Waals surface area (Å²) in [5, 5.41) is 0. The van der Waals surface area contributed by atoms with Gasteiger partial charge in [0.25, 0.3) is 0 Å². The average molecular weight is 363 g/mol. The Bertz CT molecular complexity index is 598. The number of hydrogen-bond donors (Lipinski definition) is 1. The molecule has 1 amide bonds. The molecule has 1 aliphatic heterocycles. The van der Waals surface area contributed by atoms with Crippen molar-refractivity contribution >= 4 is 29.3 Å². The van der Waals surface area contributed by atoms with Crippen LogP contribution in [0, 0.1) is 17.8 Å². The number of hydrogen-bond acceptors (Lipinski definition) is 4. The smallest absolute Gasteiger partial charge is 0.232 e. The highest BCUT2D eigenvalue weighted by molar-refractivity contribution is 7.98. The van der Waals surface area contributed by atoms with Gasteiger partial charge in [0.15, 0.2) is 0 Å². The van der Waals surface area contributed by atoms with E-state index in [1.807, 2.05) is 39.8 Å². The molecule has 138 valence electrons. The van der Waals surface area contributed by atoms with Crippen LogP contribution in [0.1, 0.15) is 47.5 Å². The molecule has 1 saturated heterocycles. The summed E-state index contributed by atoms with van der Waals surface area (Å²) in [7, 11) is 0. The zero-order chi connectivity index (χ0) is 18.6. The maximum Gasteiger partial charge on any atom is 0.232 e. The van der Waals surface area contributed by atoms with E-state index in [0.717, 1.165) is 24.3 Å². The average Bonchev–Trinajstić information content (AvgIpc) is 2.59. The van der Waals surface area contributed by atoms with Gasteiger partial charge in [0.05, 0.1) is 0 Å². The van der Waals surface area contributed by atoms with Gasteiger partial charge in [-0.25, -0.2) is 0 Å². The van der Waals surface area contributed by atoms with Crippen molar-refractivity contribution in [3.8, 4) is 0 Å². The molecule has 1 heterocycles. The Morgan fingerprint density at radius 2 is 1.76 bits per heavy atom. The summed E-state index contributed by atoms with van der Waals surface area (Å²) in [6.07, 6.45) is 1.86. The Kier molecular flexibility index (Phi) is 6.94. The van der Waals surface area contributed by atoms with Crippen molar-refractivity contribution < 1.29 is 9.59 Å². The first-order chi connectivity index (χ1) is 11.8. The van der Waals surface area contributed by atoms with Gasteiger partial charge >= 0.3 is 0 Å². The van der Waals surface area contributed by atoms with Crippen molar-refractivity contribution in [3.63, 3.8) is 0 Å². The summed E-state index contributed by atoms with van der Waals surface area (Å²) in [5.74, 6) is 0.759. The van der Waals surface area contributed by atoms with Crippen molar-refractivity contribution in [1.82, 2.24) is 4.72 Å². The summed E-state index contributed by atoms with van der Waals surface area (Å²) in [6, 6.07) is 8.65. The standard InChI is InChI=1S/C20H30N2O2S/c1-13(2)19(23)16-10-11-22(15(5)12-16)17-6-8-18(9-7-17)25-21-20(24)14(3)4/h6-9,13-16H,10-12H2,1-5H3,(H,21,24). The van der Waals surface area contributed by atoms with Crippen LogP contribution >= 0.6 is 11.9 Å². The minimum atomic E-state index is -0.0116. The lowest BCUT2D eigenvalue weighted by Crippen LogP contribution is -2.43. The Labute approximate surface area is 155 Å². The van der Waals surface area contributed by atoms with Gasteiger partial charge in [-0.1, -0.05) is 27.7 Å². The van der Waals surface area contributed by atoms with E-state index in [4.69, 9.17) is 0 Å². The molecule has 0 aromatic heterocycles. The van der Waals surface area contributed by atoms with E-state index in [0.29, 0.717) is 11.8 Å². The molecule has 0 radical (unpaired) electrons. The van der Waals surface area contributed by atoms with Crippen LogP contribution in [0.2, 0.25) is 0 Å². The molecule has 0 aliphatic carbocycles. The van der Waals surface area contributed by atoms with E-state index in [-0.39, 0.29) is 23.7 Å². The molecular weight excluding hydrogens is 332 g/mol. The largest absolute Gasteiger partial charge is 0.369 e. The molecule has 1 aromatic carbocycles. The summed E-state index contributed by atoms with van der Waals surface area (Å²) < 4.78 is 2.86. The Morgan fingerprint density at radius 1 is 1.12 bits per heavy atom. The fourth-order valence-electron chi connectivity index (χ4n) is 3.22. The lowest BCUT2D eigenvalue weighted by atomic mass is 9.84. The molecule has 2 atom stereocenters. The van der Waals surface area contributed by atoms with Crippen LogP contribution in [0.3, 0.4) is 0 Å². The zero-order valence-corrected chi connectivity index (χ0v) is 16.7. The quantitative estimate of drug-likeness (QED) is 0.767. The highest BCUT2D eigenvalue weighted by Crippen LogP contribution is 2.30. The number of rotatable bonds is 6. The number of amides is 1. The van der Waals surface area contributed by atoms with Gasteiger partial charge < -0.3 is 4.90 Å². The molecule has 5 heteroatoms. The number of Topliss-reactive ketones (excluding diaryl/α,β-unsaturated/α-hetero) is 1. The van der Waals surface area contributed by atoms with Gasteiger partial charge in [0, 0.05) is 40.9 Å². The van der Waals surface area contributed by atoms with E-state index in [1.165, 1.54) is 17.6 Å². The van der Waals surface area contributed by atoms with Crippen LogP contribution in [0.5, 0.6) is 0 Å². The highest BCUT2D eigenvalue weighted by Gasteiger charge is 2.30. The number of anilines is 1. The SMILES string of the molecule is CC(C)C(=O)NSc1ccc(N2CCC(C(=O)C(C)C)CC2C)cc1. The lowest BCUT2D eigenvalue weighted by Gasteiger charge is -2.39. The molecule has 4 nitrogen and oxygen atoms in total. The van der Waals surface area contributed by atoms with Gasteiger partial charge in [-0.3, -0.25) is 14.3 Å². The van der Waals surface area contributed by atoms with Gasteiger partial charge in [0.1, 0.15) is 5.78 Å². The number of ketones is 1. The van der Waals surface area contributed by atoms with Gasteiger partial charge in [-0.15, -0.1) is 0 Å². The molecule has 2 unspecified atom stereocenters. The van der Waals surface area contributed by atoms with Crippen LogP contribution in [0.4, 0.5) is 5.69 Å². The van der Waals surface area contributed by atoms with Crippen molar-refractivity contribution in [1.29, 1.82) is 0 Å². The first kappa shape index (κ1) is 19.8. The monoisotopic (exact) mass is 362 g/mol. The third-order valence-corrected chi connectivity index (χ3v) is 5.62. The molecule has 25 heavy (non-hydrogen) atoms. The molecular formula is C20H30N2O2S. The third-order valence-electron chi connectivity index (χ3n) is 4.81. The van der Waals surface area contributed by atoms with E-state index < -0.39 is 0 Å². The second-order valence-corrected chi connectivity index (χ2v) is 8.42. The fourth-order valence-corrected chi connectivity index (χ4v) is 3.94. The lowest BCUT2D eigenvalue weighted by molar-refractivity contribution is -0.126. The molecule has 1 aliphatic rings. The second kappa shape index (κ2) is 8.75. The highest BCUT2D eigenvalue weighted by atomic mass is 32.2. The normalized spacial score (nSPS) is 20.8. The van der Waals surface area contributed by atoms with Gasteiger partial charge in [0.2, 0.25) is 5.91 Å². The minimum absolute atomic E-state index is 0.0116. The van der Waals surface area contributed by atoms with Crippen LogP contribution in [-0.4, -0.2) is 24.3 Å². The number of benzene rings is 1. The predicted octanol–water partition coefficient (Wildman–Crippen LogP) is 4.30. The summed E-state index contributed by atoms with van der Waals surface area (Å²) in [5.41, 5.74) is 1.18. The molecule has 1 aromatic rings. The Morgan fingerprint density at radius 3 is 2.28 bits per heavy atom. The summed E-state index contributed by atoms with van der Waals surface area (Å²) in [6.45, 7) is 10.9. The minimum Gasteiger partial charge on any atom is -0.369 e. The fraction of sp³-hybridized carbons (Fsp3) is 0.600. The summed E-state index contributed by atoms with van der Waals surface area (Å²) in [4.78, 5) is 27.3. The number of piperidine rings is 1. The zero-order valence-electron chi connectivity index (χ0n) is 15.9. The van der Waals surface area contributed by atoms with Crippen molar-refractivity contribution in [3.05, 3.63) is 24.3 Å². The predicted molar refractivity (Wildman–Crippen MR) is 105 cm³/mol. The van der Waals surface area contributed by atoms with E-state index in [9.17, 15) is 9.59 Å². The first-order valence-corrected chi connectivity index (χ1v) is 9.98. The Balaban J connectivity index is 1.94. The molecule has 0 spiro atoms. The topological polar surface area (TPSA) is 49.4 Å². The molecule has 0 bridgehead atoms. The number of nitrogens with one attached hydrogen (secondary N) is 1. The van der Waals surface area contributed by atoms with E-state index >= 15 is 0 Å². The van der Waals surface area contributed by atoms with Crippen molar-refractivity contribution in [2.75, 3.05) is 11.4 Å². The maximum absolute atomic E-state index is 12.3. The number of nitrogens with zero attached hydrogens (tertiary/aromatic N) is 1. The number of carbonyl (C=O) groups is 2. The molecule has 2 rings (SSSR count). The van der Waals surface area contributed by atoms with Crippen LogP contribution in [-0.2, 0) is 9.59 Å². The van der Waals surface area contributed by atoms with E-state index in [1.54, 1.807) is 0 Å². The number of carbonyl (C=O) groups excluding carboxylic acids is 2. The Hall–Kier alpha value is -1.49. The van der Waals surface area contributed by atoms with Gasteiger partial charge in [-0.2, -0.15) is 0 Å². The van der Waals surface area contributed by atoms with Gasteiger partial charge in [-0.05, 0) is 56.0 Å². The van der Waals surface area contributed by atoms with Crippen molar-refractivity contribution in [2.45, 2.75) is 58.4 Å². The third kappa shape index (κ3) is 5.24. The molecule has 0 saturated carbocycles. The van der Waals surface area contributed by atoms with Crippen LogP contribution in [0.25, 0.3) is 0 Å². The summed E-state index contributed by atoms with van der Waals surface area (Å²) >= 11 is 1.36. The first-order valence-electron chi connectivity index (χ1n) is 9.16. The molecule has 1 N–H and O–H groups in total.